The number of hydrogen-bond acceptors (Lipinski definition) is 2. The van der Waals surface area contributed by atoms with Gasteiger partial charge in [0.25, 0.3) is 5.91 Å². The zero-order chi connectivity index (χ0) is 15.4. The maximum Gasteiger partial charge on any atom is 0.251 e. The Morgan fingerprint density at radius 3 is 2.76 bits per heavy atom. The number of carbonyl (C=O) groups excluding carboxylic acids is 1. The predicted octanol–water partition coefficient (Wildman–Crippen LogP) is 3.39. The summed E-state index contributed by atoms with van der Waals surface area (Å²) in [7, 11) is 0. The van der Waals surface area contributed by atoms with Crippen LogP contribution in [0, 0.1) is 20.8 Å². The number of aryl methyl sites for hydroxylation is 3. The van der Waals surface area contributed by atoms with E-state index in [4.69, 9.17) is 0 Å². The quantitative estimate of drug-likeness (QED) is 0.841. The zero-order valence-corrected chi connectivity index (χ0v) is 14.2. The molecule has 2 rings (SSSR count). The van der Waals surface area contributed by atoms with Gasteiger partial charge in [-0.1, -0.05) is 22.0 Å². The minimum Gasteiger partial charge on any atom is -0.352 e. The molecule has 112 valence electrons. The molecular weight excluding hydrogens is 330 g/mol. The van der Waals surface area contributed by atoms with Gasteiger partial charge in [0.15, 0.2) is 0 Å². The van der Waals surface area contributed by atoms with Crippen LogP contribution in [0.2, 0.25) is 0 Å². The second-order valence-corrected chi connectivity index (χ2v) is 6.03. The van der Waals surface area contributed by atoms with Crippen LogP contribution in [-0.2, 0) is 6.54 Å². The second kappa shape index (κ2) is 6.89. The summed E-state index contributed by atoms with van der Waals surface area (Å²) >= 11 is 3.45. The van der Waals surface area contributed by atoms with Crippen LogP contribution in [0.3, 0.4) is 0 Å². The number of nitrogens with one attached hydrogen (secondary N) is 1. The lowest BCUT2D eigenvalue weighted by Crippen LogP contribution is -2.26. The van der Waals surface area contributed by atoms with Crippen LogP contribution in [-0.4, -0.2) is 22.2 Å². The first kappa shape index (κ1) is 15.8. The third-order valence-electron chi connectivity index (χ3n) is 3.45. The standard InChI is InChI=1S/C16H20BrN3O/c1-11-10-12(2)20(19-11)9-5-8-18-16(21)14-6-4-7-15(17)13(14)3/h4,6-7,10H,5,8-9H2,1-3H3,(H,18,21). The maximum atomic E-state index is 12.1. The molecule has 0 saturated carbocycles. The second-order valence-electron chi connectivity index (χ2n) is 5.17. The average molecular weight is 350 g/mol. The highest BCUT2D eigenvalue weighted by Gasteiger charge is 2.10. The molecule has 1 N–H and O–H groups in total. The smallest absolute Gasteiger partial charge is 0.251 e. The minimum atomic E-state index is -0.0258. The van der Waals surface area contributed by atoms with E-state index in [0.717, 1.165) is 40.0 Å². The molecule has 1 amide bonds. The molecule has 0 fully saturated rings. The number of benzene rings is 1. The molecule has 0 saturated heterocycles. The number of halogens is 1. The van der Waals surface area contributed by atoms with Crippen molar-refractivity contribution >= 4 is 21.8 Å². The van der Waals surface area contributed by atoms with Gasteiger partial charge in [-0.05, 0) is 51.0 Å². The summed E-state index contributed by atoms with van der Waals surface area (Å²) < 4.78 is 2.93. The van der Waals surface area contributed by atoms with Crippen molar-refractivity contribution in [1.29, 1.82) is 0 Å². The van der Waals surface area contributed by atoms with Crippen molar-refractivity contribution in [3.63, 3.8) is 0 Å². The van der Waals surface area contributed by atoms with Gasteiger partial charge in [-0.15, -0.1) is 0 Å². The summed E-state index contributed by atoms with van der Waals surface area (Å²) in [5.41, 5.74) is 3.87. The van der Waals surface area contributed by atoms with Crippen LogP contribution in [0.15, 0.2) is 28.7 Å². The van der Waals surface area contributed by atoms with E-state index in [9.17, 15) is 4.79 Å². The van der Waals surface area contributed by atoms with Gasteiger partial charge in [-0.25, -0.2) is 0 Å². The summed E-state index contributed by atoms with van der Waals surface area (Å²) in [6.07, 6.45) is 0.862. The van der Waals surface area contributed by atoms with E-state index >= 15 is 0 Å². The Morgan fingerprint density at radius 2 is 2.10 bits per heavy atom. The molecule has 0 radical (unpaired) electrons. The van der Waals surface area contributed by atoms with E-state index in [0.29, 0.717) is 6.54 Å². The van der Waals surface area contributed by atoms with Gasteiger partial charge in [0.05, 0.1) is 5.69 Å². The normalized spacial score (nSPS) is 10.7. The van der Waals surface area contributed by atoms with Crippen LogP contribution in [0.1, 0.15) is 33.7 Å². The first-order valence-electron chi connectivity index (χ1n) is 7.03. The van der Waals surface area contributed by atoms with E-state index in [2.05, 4.69) is 32.4 Å². The first-order chi connectivity index (χ1) is 9.99. The Labute approximate surface area is 133 Å². The van der Waals surface area contributed by atoms with Crippen LogP contribution in [0.4, 0.5) is 0 Å². The van der Waals surface area contributed by atoms with Gasteiger partial charge >= 0.3 is 0 Å². The Kier molecular flexibility index (Phi) is 5.17. The summed E-state index contributed by atoms with van der Waals surface area (Å²) in [5.74, 6) is -0.0258. The molecule has 0 bridgehead atoms. The van der Waals surface area contributed by atoms with Crippen molar-refractivity contribution < 1.29 is 4.79 Å². The molecule has 21 heavy (non-hydrogen) atoms. The summed E-state index contributed by atoms with van der Waals surface area (Å²) in [6, 6.07) is 7.72. The summed E-state index contributed by atoms with van der Waals surface area (Å²) in [5, 5.41) is 7.37. The fraction of sp³-hybridized carbons (Fsp3) is 0.375. The SMILES string of the molecule is Cc1cc(C)n(CCCNC(=O)c2cccc(Br)c2C)n1. The Morgan fingerprint density at radius 1 is 1.33 bits per heavy atom. The van der Waals surface area contributed by atoms with Crippen molar-refractivity contribution in [1.82, 2.24) is 15.1 Å². The minimum absolute atomic E-state index is 0.0258. The number of hydrogen-bond donors (Lipinski definition) is 1. The first-order valence-corrected chi connectivity index (χ1v) is 7.82. The Balaban J connectivity index is 1.85. The number of amides is 1. The lowest BCUT2D eigenvalue weighted by Gasteiger charge is -2.09. The maximum absolute atomic E-state index is 12.1. The monoisotopic (exact) mass is 349 g/mol. The molecule has 1 aromatic heterocycles. The van der Waals surface area contributed by atoms with Gasteiger partial charge in [0.2, 0.25) is 0 Å². The van der Waals surface area contributed by atoms with Gasteiger partial charge in [0.1, 0.15) is 0 Å². The molecule has 1 heterocycles. The molecule has 0 aliphatic rings. The van der Waals surface area contributed by atoms with Crippen LogP contribution >= 0.6 is 15.9 Å². The summed E-state index contributed by atoms with van der Waals surface area (Å²) in [4.78, 5) is 12.1. The lowest BCUT2D eigenvalue weighted by atomic mass is 10.1. The van der Waals surface area contributed by atoms with E-state index in [1.54, 1.807) is 0 Å². The molecule has 0 aliphatic heterocycles. The van der Waals surface area contributed by atoms with Crippen molar-refractivity contribution in [3.05, 3.63) is 51.3 Å². The van der Waals surface area contributed by atoms with E-state index in [1.807, 2.05) is 43.7 Å². The number of rotatable bonds is 5. The summed E-state index contributed by atoms with van der Waals surface area (Å²) in [6.45, 7) is 7.43. The molecule has 0 spiro atoms. The van der Waals surface area contributed by atoms with Gasteiger partial charge < -0.3 is 5.32 Å². The molecule has 0 unspecified atom stereocenters. The number of carbonyl (C=O) groups is 1. The largest absolute Gasteiger partial charge is 0.352 e. The fourth-order valence-corrected chi connectivity index (χ4v) is 2.65. The highest BCUT2D eigenvalue weighted by molar-refractivity contribution is 9.10. The Bertz CT molecular complexity index is 649. The van der Waals surface area contributed by atoms with E-state index < -0.39 is 0 Å². The molecule has 5 heteroatoms. The molecule has 2 aromatic rings. The molecular formula is C16H20BrN3O. The zero-order valence-electron chi connectivity index (χ0n) is 12.6. The fourth-order valence-electron chi connectivity index (χ4n) is 2.28. The van der Waals surface area contributed by atoms with Crippen molar-refractivity contribution in [2.24, 2.45) is 0 Å². The van der Waals surface area contributed by atoms with E-state index in [-0.39, 0.29) is 5.91 Å². The lowest BCUT2D eigenvalue weighted by molar-refractivity contribution is 0.0952. The number of aromatic nitrogens is 2. The highest BCUT2D eigenvalue weighted by atomic mass is 79.9. The van der Waals surface area contributed by atoms with E-state index in [1.165, 1.54) is 0 Å². The Hall–Kier alpha value is -1.62. The van der Waals surface area contributed by atoms with Crippen LogP contribution in [0.5, 0.6) is 0 Å². The highest BCUT2D eigenvalue weighted by Crippen LogP contribution is 2.19. The average Bonchev–Trinajstić information content (AvgIpc) is 2.76. The van der Waals surface area contributed by atoms with Gasteiger partial charge in [-0.3, -0.25) is 9.48 Å². The molecule has 0 aliphatic carbocycles. The van der Waals surface area contributed by atoms with Crippen molar-refractivity contribution in [2.75, 3.05) is 6.54 Å². The molecule has 1 aromatic carbocycles. The van der Waals surface area contributed by atoms with Gasteiger partial charge in [-0.2, -0.15) is 5.10 Å². The predicted molar refractivity (Wildman–Crippen MR) is 87.5 cm³/mol. The van der Waals surface area contributed by atoms with Crippen molar-refractivity contribution in [3.8, 4) is 0 Å². The van der Waals surface area contributed by atoms with Crippen molar-refractivity contribution in [2.45, 2.75) is 33.7 Å². The number of nitrogens with zero attached hydrogens (tertiary/aromatic N) is 2. The van der Waals surface area contributed by atoms with Gasteiger partial charge in [0, 0.05) is 28.8 Å². The third-order valence-corrected chi connectivity index (χ3v) is 4.31. The van der Waals surface area contributed by atoms with Crippen LogP contribution < -0.4 is 5.32 Å². The molecule has 4 nitrogen and oxygen atoms in total. The third kappa shape index (κ3) is 3.94. The van der Waals surface area contributed by atoms with Crippen LogP contribution in [0.25, 0.3) is 0 Å². The molecule has 0 atom stereocenters. The topological polar surface area (TPSA) is 46.9 Å².